The Bertz CT molecular complexity index is 401. The number of carbonyl (C=O) groups is 1. The van der Waals surface area contributed by atoms with Gasteiger partial charge in [0.25, 0.3) is 5.91 Å². The van der Waals surface area contributed by atoms with Crippen molar-refractivity contribution in [1.82, 2.24) is 5.32 Å². The summed E-state index contributed by atoms with van der Waals surface area (Å²) in [5, 5.41) is 21.5. The molecule has 1 rings (SSSR count). The average Bonchev–Trinajstić information content (AvgIpc) is 2.35. The summed E-state index contributed by atoms with van der Waals surface area (Å²) in [6.45, 7) is -0.447. The molecule has 1 aromatic carbocycles. The number of nitrogens with two attached hydrogens (primary N) is 1. The van der Waals surface area contributed by atoms with Crippen LogP contribution in [0.5, 0.6) is 0 Å². The number of rotatable bonds is 5. The van der Waals surface area contributed by atoms with E-state index in [1.807, 2.05) is 0 Å². The molecule has 0 fully saturated rings. The zero-order chi connectivity index (χ0) is 13.7. The fraction of sp³-hybridized carbons (Fsp3) is 0.364. The number of benzene rings is 1. The summed E-state index contributed by atoms with van der Waals surface area (Å²) in [4.78, 5) is 10.0. The number of anilines is 1. The summed E-state index contributed by atoms with van der Waals surface area (Å²) in [6, 6.07) is 5.55. The van der Waals surface area contributed by atoms with Crippen LogP contribution in [0.4, 0.5) is 5.69 Å². The molecule has 19 heavy (non-hydrogen) atoms. The molecule has 0 radical (unpaired) electrons. The van der Waals surface area contributed by atoms with Gasteiger partial charge in [-0.3, -0.25) is 4.79 Å². The minimum atomic E-state index is -1.25. The van der Waals surface area contributed by atoms with Gasteiger partial charge in [-0.2, -0.15) is 0 Å². The quantitative estimate of drug-likeness (QED) is 0.479. The van der Waals surface area contributed by atoms with E-state index < -0.39 is 29.5 Å². The summed E-state index contributed by atoms with van der Waals surface area (Å²) in [5.41, 5.74) is 6.59. The molecule has 0 aliphatic carbocycles. The lowest BCUT2D eigenvalue weighted by molar-refractivity contribution is -0.121. The first kappa shape index (κ1) is 18.3. The van der Waals surface area contributed by atoms with Crippen molar-refractivity contribution < 1.29 is 15.0 Å². The Labute approximate surface area is 127 Å². The van der Waals surface area contributed by atoms with E-state index in [1.54, 1.807) is 24.3 Å². The monoisotopic (exact) mass is 328 g/mol. The lowest BCUT2D eigenvalue weighted by atomic mass is 10.0. The van der Waals surface area contributed by atoms with Crippen LogP contribution >= 0.6 is 35.6 Å². The van der Waals surface area contributed by atoms with Crippen LogP contribution in [0.15, 0.2) is 24.3 Å². The van der Waals surface area contributed by atoms with Crippen molar-refractivity contribution in [3.05, 3.63) is 29.8 Å². The molecule has 0 bridgehead atoms. The Morgan fingerprint density at radius 2 is 1.84 bits per heavy atom. The lowest BCUT2D eigenvalue weighted by Crippen LogP contribution is -2.44. The minimum absolute atomic E-state index is 0. The summed E-state index contributed by atoms with van der Waals surface area (Å²) in [5.74, 6) is -0.674. The van der Waals surface area contributed by atoms with Gasteiger partial charge in [-0.1, -0.05) is 35.3 Å². The molecule has 0 aliphatic rings. The van der Waals surface area contributed by atoms with E-state index in [1.165, 1.54) is 0 Å². The summed E-state index contributed by atoms with van der Waals surface area (Å²) < 4.78 is 0. The molecular weight excluding hydrogens is 314 g/mol. The van der Waals surface area contributed by atoms with Gasteiger partial charge in [-0.25, -0.2) is 0 Å². The molecule has 5 nitrogen and oxygen atoms in total. The van der Waals surface area contributed by atoms with Crippen molar-refractivity contribution in [2.75, 3.05) is 12.3 Å². The highest BCUT2D eigenvalue weighted by atomic mass is 35.5. The van der Waals surface area contributed by atoms with E-state index in [2.05, 4.69) is 5.32 Å². The number of hydrogen-bond donors (Lipinski definition) is 4. The number of alkyl halides is 2. The van der Waals surface area contributed by atoms with Crippen LogP contribution in [0.25, 0.3) is 0 Å². The zero-order valence-electron chi connectivity index (χ0n) is 9.79. The molecule has 1 aromatic rings. The van der Waals surface area contributed by atoms with Crippen LogP contribution in [-0.4, -0.2) is 33.6 Å². The predicted molar refractivity (Wildman–Crippen MR) is 77.6 cm³/mol. The van der Waals surface area contributed by atoms with Gasteiger partial charge >= 0.3 is 0 Å². The van der Waals surface area contributed by atoms with Crippen molar-refractivity contribution in [2.24, 2.45) is 0 Å². The maximum absolute atomic E-state index is 11.3. The molecule has 8 heteroatoms. The fourth-order valence-electron chi connectivity index (χ4n) is 1.40. The van der Waals surface area contributed by atoms with E-state index in [9.17, 15) is 9.90 Å². The van der Waals surface area contributed by atoms with E-state index in [4.69, 9.17) is 34.0 Å². The molecular formula is C11H15Cl3N2O3. The molecule has 2 unspecified atom stereocenters. The summed E-state index contributed by atoms with van der Waals surface area (Å²) in [6.07, 6.45) is -1.08. The van der Waals surface area contributed by atoms with Gasteiger partial charge in [-0.15, -0.1) is 12.4 Å². The van der Waals surface area contributed by atoms with Crippen LogP contribution < -0.4 is 11.1 Å². The number of halogens is 3. The van der Waals surface area contributed by atoms with Gasteiger partial charge in [0.1, 0.15) is 6.10 Å². The van der Waals surface area contributed by atoms with Gasteiger partial charge in [-0.05, 0) is 17.7 Å². The number of nitrogen functional groups attached to an aromatic ring is 1. The minimum Gasteiger partial charge on any atom is -0.399 e. The maximum Gasteiger partial charge on any atom is 0.253 e. The van der Waals surface area contributed by atoms with Crippen molar-refractivity contribution in [3.63, 3.8) is 0 Å². The number of amides is 1. The summed E-state index contributed by atoms with van der Waals surface area (Å²) >= 11 is 10.7. The molecule has 0 heterocycles. The highest BCUT2D eigenvalue weighted by molar-refractivity contribution is 6.53. The first-order chi connectivity index (χ1) is 8.45. The van der Waals surface area contributed by atoms with Crippen molar-refractivity contribution in [1.29, 1.82) is 0 Å². The van der Waals surface area contributed by atoms with Crippen molar-refractivity contribution in [2.45, 2.75) is 17.0 Å². The maximum atomic E-state index is 11.3. The molecule has 108 valence electrons. The Hall–Kier alpha value is -0.720. The van der Waals surface area contributed by atoms with Gasteiger partial charge < -0.3 is 21.3 Å². The highest BCUT2D eigenvalue weighted by Crippen LogP contribution is 2.18. The average molecular weight is 330 g/mol. The van der Waals surface area contributed by atoms with Gasteiger partial charge in [0.2, 0.25) is 0 Å². The first-order valence-electron chi connectivity index (χ1n) is 5.18. The van der Waals surface area contributed by atoms with E-state index in [0.717, 1.165) is 0 Å². The van der Waals surface area contributed by atoms with E-state index in [-0.39, 0.29) is 12.4 Å². The highest BCUT2D eigenvalue weighted by Gasteiger charge is 2.24. The normalized spacial score (nSPS) is 13.5. The third-order valence-electron chi connectivity index (χ3n) is 2.38. The lowest BCUT2D eigenvalue weighted by Gasteiger charge is -2.22. The second-order valence-electron chi connectivity index (χ2n) is 3.71. The predicted octanol–water partition coefficient (Wildman–Crippen LogP) is 1.00. The van der Waals surface area contributed by atoms with Crippen LogP contribution in [0, 0.1) is 0 Å². The number of hydrogen-bond acceptors (Lipinski definition) is 4. The molecule has 0 aliphatic heterocycles. The van der Waals surface area contributed by atoms with E-state index in [0.29, 0.717) is 11.3 Å². The zero-order valence-corrected chi connectivity index (χ0v) is 12.1. The second-order valence-corrected chi connectivity index (χ2v) is 4.81. The third kappa shape index (κ3) is 5.42. The summed E-state index contributed by atoms with van der Waals surface area (Å²) in [7, 11) is 0. The van der Waals surface area contributed by atoms with Crippen LogP contribution in [-0.2, 0) is 4.79 Å². The van der Waals surface area contributed by atoms with Gasteiger partial charge in [0.05, 0.1) is 12.6 Å². The smallest absolute Gasteiger partial charge is 0.253 e. The number of aliphatic hydroxyl groups is 2. The molecule has 0 spiro atoms. The van der Waals surface area contributed by atoms with Crippen molar-refractivity contribution >= 4 is 47.2 Å². The Balaban J connectivity index is 0.00000324. The largest absolute Gasteiger partial charge is 0.399 e. The number of nitrogens with one attached hydrogen (secondary N) is 1. The topological polar surface area (TPSA) is 95.6 Å². The molecule has 0 saturated carbocycles. The number of aliphatic hydroxyl groups excluding tert-OH is 2. The standard InChI is InChI=1S/C11H14Cl2N2O3.ClH/c12-10(13)11(18)15-8(5-16)9(17)6-1-3-7(14)4-2-6;/h1-4,8-10,16-17H,5,14H2,(H,15,18);1H. The molecule has 0 aromatic heterocycles. The third-order valence-corrected chi connectivity index (χ3v) is 2.78. The van der Waals surface area contributed by atoms with Gasteiger partial charge in [0.15, 0.2) is 4.84 Å². The van der Waals surface area contributed by atoms with Crippen LogP contribution in [0.3, 0.4) is 0 Å². The first-order valence-corrected chi connectivity index (χ1v) is 6.06. The Morgan fingerprint density at radius 1 is 1.32 bits per heavy atom. The van der Waals surface area contributed by atoms with E-state index >= 15 is 0 Å². The second kappa shape index (κ2) is 8.45. The number of carbonyl (C=O) groups excluding carboxylic acids is 1. The SMILES string of the molecule is Cl.Nc1ccc(C(O)C(CO)NC(=O)C(Cl)Cl)cc1. The molecule has 5 N–H and O–H groups in total. The fourth-order valence-corrected chi connectivity index (χ4v) is 1.52. The molecule has 1 amide bonds. The Morgan fingerprint density at radius 3 is 2.26 bits per heavy atom. The van der Waals surface area contributed by atoms with Crippen LogP contribution in [0.1, 0.15) is 11.7 Å². The molecule has 2 atom stereocenters. The van der Waals surface area contributed by atoms with Crippen molar-refractivity contribution in [3.8, 4) is 0 Å². The van der Waals surface area contributed by atoms with Gasteiger partial charge in [0, 0.05) is 5.69 Å². The Kier molecular flexibility index (Phi) is 8.13. The van der Waals surface area contributed by atoms with Crippen LogP contribution in [0.2, 0.25) is 0 Å². The molecule has 0 saturated heterocycles.